The number of ether oxygens (including phenoxy) is 1. The lowest BCUT2D eigenvalue weighted by molar-refractivity contribution is 0.159. The maximum Gasteiger partial charge on any atom is 0.151 e. The molecule has 0 saturated heterocycles. The van der Waals surface area contributed by atoms with Gasteiger partial charge in [-0.05, 0) is 37.9 Å². The van der Waals surface area contributed by atoms with Crippen molar-refractivity contribution in [2.75, 3.05) is 20.6 Å². The Kier molecular flexibility index (Phi) is 5.16. The van der Waals surface area contributed by atoms with E-state index < -0.39 is 0 Å². The topological polar surface area (TPSA) is 17.4 Å². The van der Waals surface area contributed by atoms with Crippen LogP contribution in [-0.2, 0) is 0 Å². The van der Waals surface area contributed by atoms with Crippen LogP contribution in [0.15, 0.2) is 72.9 Å². The average molecular weight is 355 g/mol. The summed E-state index contributed by atoms with van der Waals surface area (Å²) in [5.74, 6) is 0.974. The van der Waals surface area contributed by atoms with Gasteiger partial charge in [-0.15, -0.1) is 12.4 Å². The Morgan fingerprint density at radius 1 is 0.920 bits per heavy atom. The zero-order chi connectivity index (χ0) is 16.5. The van der Waals surface area contributed by atoms with E-state index in [2.05, 4.69) is 90.4 Å². The Balaban J connectivity index is 0.00000182. The van der Waals surface area contributed by atoms with Crippen LogP contribution in [0.1, 0.15) is 29.0 Å². The van der Waals surface area contributed by atoms with Gasteiger partial charge in [0.25, 0.3) is 0 Å². The summed E-state index contributed by atoms with van der Waals surface area (Å²) in [6.45, 7) is 0.847. The van der Waals surface area contributed by atoms with Crippen LogP contribution in [0.4, 0.5) is 0 Å². The molecule has 1 aromatic heterocycles. The van der Waals surface area contributed by atoms with Crippen LogP contribution in [0.25, 0.3) is 0 Å². The molecular weight excluding hydrogens is 332 g/mol. The van der Waals surface area contributed by atoms with Crippen LogP contribution >= 0.6 is 12.4 Å². The highest BCUT2D eigenvalue weighted by molar-refractivity contribution is 5.85. The van der Waals surface area contributed by atoms with E-state index in [1.54, 1.807) is 0 Å². The maximum absolute atomic E-state index is 6.44. The summed E-state index contributed by atoms with van der Waals surface area (Å²) in [6, 6.07) is 23.5. The Morgan fingerprint density at radius 3 is 2.40 bits per heavy atom. The van der Waals surface area contributed by atoms with Crippen LogP contribution in [0.2, 0.25) is 0 Å². The number of para-hydroxylation sites is 1. The molecule has 2 atom stereocenters. The summed E-state index contributed by atoms with van der Waals surface area (Å²) in [7, 11) is 4.17. The average Bonchev–Trinajstić information content (AvgIpc) is 3.01. The van der Waals surface area contributed by atoms with E-state index in [4.69, 9.17) is 4.74 Å². The number of aromatic nitrogens is 1. The second-order valence-electron chi connectivity index (χ2n) is 6.56. The first-order valence-electron chi connectivity index (χ1n) is 8.36. The van der Waals surface area contributed by atoms with Gasteiger partial charge in [-0.1, -0.05) is 48.5 Å². The molecule has 4 heteroatoms. The van der Waals surface area contributed by atoms with Crippen molar-refractivity contribution in [2.24, 2.45) is 0 Å². The Morgan fingerprint density at radius 2 is 1.64 bits per heavy atom. The van der Waals surface area contributed by atoms with Crippen molar-refractivity contribution in [3.8, 4) is 5.75 Å². The number of nitrogens with zero attached hydrogens (tertiary/aromatic N) is 2. The van der Waals surface area contributed by atoms with Gasteiger partial charge >= 0.3 is 0 Å². The van der Waals surface area contributed by atoms with Gasteiger partial charge in [-0.25, -0.2) is 0 Å². The highest BCUT2D eigenvalue weighted by atomic mass is 35.5. The molecule has 0 spiro atoms. The number of hydrogen-bond donors (Lipinski definition) is 0. The smallest absolute Gasteiger partial charge is 0.151 e. The molecule has 4 rings (SSSR count). The molecule has 130 valence electrons. The van der Waals surface area contributed by atoms with E-state index in [9.17, 15) is 0 Å². The van der Waals surface area contributed by atoms with E-state index in [0.717, 1.165) is 12.3 Å². The molecule has 3 aromatic rings. The van der Waals surface area contributed by atoms with E-state index in [1.165, 1.54) is 16.8 Å². The number of halogens is 1. The Labute approximate surface area is 155 Å². The van der Waals surface area contributed by atoms with Crippen LogP contribution in [0.5, 0.6) is 5.75 Å². The third-order valence-electron chi connectivity index (χ3n) is 4.55. The molecule has 3 nitrogen and oxygen atoms in total. The summed E-state index contributed by atoms with van der Waals surface area (Å²) in [6.07, 6.45) is 2.19. The van der Waals surface area contributed by atoms with Crippen molar-refractivity contribution >= 4 is 12.4 Å². The SMILES string of the molecule is CN(C)CC1Oc2ccccc2C(c2ccccc2)n2cccc21.Cl. The lowest BCUT2D eigenvalue weighted by Crippen LogP contribution is -2.25. The van der Waals surface area contributed by atoms with E-state index in [0.29, 0.717) is 0 Å². The number of likely N-dealkylation sites (N-methyl/N-ethyl adjacent to an activating group) is 1. The van der Waals surface area contributed by atoms with Crippen molar-refractivity contribution in [3.63, 3.8) is 0 Å². The molecule has 0 N–H and O–H groups in total. The second-order valence-corrected chi connectivity index (χ2v) is 6.56. The minimum absolute atomic E-state index is 0. The molecular formula is C21H23ClN2O. The van der Waals surface area contributed by atoms with Gasteiger partial charge in [-0.2, -0.15) is 0 Å². The first-order valence-corrected chi connectivity index (χ1v) is 8.36. The van der Waals surface area contributed by atoms with Gasteiger partial charge in [-0.3, -0.25) is 0 Å². The fourth-order valence-corrected chi connectivity index (χ4v) is 3.53. The quantitative estimate of drug-likeness (QED) is 0.687. The lowest BCUT2D eigenvalue weighted by atomic mass is 9.97. The molecule has 0 aliphatic carbocycles. The highest BCUT2D eigenvalue weighted by Gasteiger charge is 2.30. The molecule has 2 aromatic carbocycles. The fraction of sp³-hybridized carbons (Fsp3) is 0.238. The van der Waals surface area contributed by atoms with Crippen LogP contribution in [-0.4, -0.2) is 30.1 Å². The molecule has 0 bridgehead atoms. The summed E-state index contributed by atoms with van der Waals surface area (Å²) in [4.78, 5) is 2.17. The van der Waals surface area contributed by atoms with Crippen LogP contribution < -0.4 is 4.74 Å². The van der Waals surface area contributed by atoms with Gasteiger partial charge in [0.1, 0.15) is 5.75 Å². The summed E-state index contributed by atoms with van der Waals surface area (Å²) >= 11 is 0. The number of hydrogen-bond acceptors (Lipinski definition) is 2. The van der Waals surface area contributed by atoms with Crippen molar-refractivity contribution in [2.45, 2.75) is 12.1 Å². The molecule has 1 aliphatic heterocycles. The van der Waals surface area contributed by atoms with Gasteiger partial charge in [0.15, 0.2) is 6.10 Å². The number of fused-ring (bicyclic) bond motifs is 2. The molecule has 0 fully saturated rings. The van der Waals surface area contributed by atoms with Gasteiger partial charge in [0.2, 0.25) is 0 Å². The second kappa shape index (κ2) is 7.34. The number of rotatable bonds is 3. The van der Waals surface area contributed by atoms with Crippen LogP contribution in [0.3, 0.4) is 0 Å². The third kappa shape index (κ3) is 3.30. The first kappa shape index (κ1) is 17.6. The predicted molar refractivity (Wildman–Crippen MR) is 104 cm³/mol. The maximum atomic E-state index is 6.44. The first-order chi connectivity index (χ1) is 11.7. The molecule has 0 radical (unpaired) electrons. The van der Waals surface area contributed by atoms with Gasteiger partial charge < -0.3 is 14.2 Å². The minimum Gasteiger partial charge on any atom is -0.482 e. The molecule has 0 amide bonds. The number of benzene rings is 2. The van der Waals surface area contributed by atoms with Gasteiger partial charge in [0.05, 0.1) is 11.7 Å². The van der Waals surface area contributed by atoms with E-state index in [-0.39, 0.29) is 24.6 Å². The van der Waals surface area contributed by atoms with Crippen molar-refractivity contribution in [3.05, 3.63) is 89.7 Å². The minimum atomic E-state index is 0. The summed E-state index contributed by atoms with van der Waals surface area (Å²) in [5, 5.41) is 0. The summed E-state index contributed by atoms with van der Waals surface area (Å²) < 4.78 is 8.80. The molecule has 2 heterocycles. The predicted octanol–water partition coefficient (Wildman–Crippen LogP) is 4.54. The monoisotopic (exact) mass is 354 g/mol. The standard InChI is InChI=1S/C21H22N2O.ClH/c1-22(2)15-20-18-12-8-14-23(18)21(16-9-4-3-5-10-16)17-11-6-7-13-19(17)24-20;/h3-14,20-21H,15H2,1-2H3;1H. The zero-order valence-corrected chi connectivity index (χ0v) is 15.3. The Bertz CT molecular complexity index is 829. The lowest BCUT2D eigenvalue weighted by Gasteiger charge is -2.22. The van der Waals surface area contributed by atoms with Crippen molar-refractivity contribution < 1.29 is 4.74 Å². The van der Waals surface area contributed by atoms with E-state index in [1.807, 2.05) is 6.07 Å². The zero-order valence-electron chi connectivity index (χ0n) is 14.5. The summed E-state index contributed by atoms with van der Waals surface area (Å²) in [5.41, 5.74) is 3.70. The molecule has 25 heavy (non-hydrogen) atoms. The van der Waals surface area contributed by atoms with Crippen molar-refractivity contribution in [1.82, 2.24) is 9.47 Å². The fourth-order valence-electron chi connectivity index (χ4n) is 3.53. The van der Waals surface area contributed by atoms with E-state index >= 15 is 0 Å². The molecule has 2 unspecified atom stereocenters. The largest absolute Gasteiger partial charge is 0.482 e. The normalized spacial score (nSPS) is 18.5. The van der Waals surface area contributed by atoms with Gasteiger partial charge in [0, 0.05) is 18.3 Å². The highest BCUT2D eigenvalue weighted by Crippen LogP contribution is 2.40. The van der Waals surface area contributed by atoms with Crippen molar-refractivity contribution in [1.29, 1.82) is 0 Å². The molecule has 1 aliphatic rings. The molecule has 0 saturated carbocycles. The van der Waals surface area contributed by atoms with Crippen LogP contribution in [0, 0.1) is 0 Å². The third-order valence-corrected chi connectivity index (χ3v) is 4.55. The Hall–Kier alpha value is -2.23.